The third-order valence-electron chi connectivity index (χ3n) is 5.43. The molecule has 1 aliphatic heterocycles. The zero-order valence-corrected chi connectivity index (χ0v) is 19.5. The van der Waals surface area contributed by atoms with Gasteiger partial charge in [-0.3, -0.25) is 4.79 Å². The number of carbonyl (C=O) groups excluding carboxylic acids is 1. The lowest BCUT2D eigenvalue weighted by atomic mass is 10.0. The SMILES string of the molecule is COCCN(Cc1cc2cc3c(cc2nc1-c1cccc(Cl)c1)OCO3)C(=O)c1cccs1. The van der Waals surface area contributed by atoms with Crippen LogP contribution in [0.15, 0.2) is 60.0 Å². The lowest BCUT2D eigenvalue weighted by molar-refractivity contribution is 0.0685. The van der Waals surface area contributed by atoms with Crippen molar-refractivity contribution in [1.29, 1.82) is 0 Å². The van der Waals surface area contributed by atoms with Gasteiger partial charge in [-0.15, -0.1) is 11.3 Å². The Bertz CT molecular complexity index is 1310. The van der Waals surface area contributed by atoms with Crippen LogP contribution in [0.5, 0.6) is 11.5 Å². The first kappa shape index (κ1) is 21.7. The first-order valence-electron chi connectivity index (χ1n) is 10.4. The van der Waals surface area contributed by atoms with E-state index in [9.17, 15) is 4.79 Å². The summed E-state index contributed by atoms with van der Waals surface area (Å²) in [4.78, 5) is 20.7. The molecule has 1 aliphatic rings. The zero-order chi connectivity index (χ0) is 22.8. The summed E-state index contributed by atoms with van der Waals surface area (Å²) in [5, 5.41) is 3.44. The van der Waals surface area contributed by atoms with Gasteiger partial charge < -0.3 is 19.1 Å². The van der Waals surface area contributed by atoms with Gasteiger partial charge in [-0.2, -0.15) is 0 Å². The molecule has 1 amide bonds. The molecule has 4 aromatic rings. The molecule has 0 bridgehead atoms. The van der Waals surface area contributed by atoms with E-state index in [4.69, 9.17) is 30.8 Å². The summed E-state index contributed by atoms with van der Waals surface area (Å²) in [6.45, 7) is 1.46. The number of nitrogens with zero attached hydrogens (tertiary/aromatic N) is 2. The van der Waals surface area contributed by atoms with E-state index >= 15 is 0 Å². The molecule has 0 saturated heterocycles. The van der Waals surface area contributed by atoms with Gasteiger partial charge in [0.1, 0.15) is 0 Å². The number of hydrogen-bond donors (Lipinski definition) is 0. The van der Waals surface area contributed by atoms with Crippen LogP contribution in [0.3, 0.4) is 0 Å². The molecule has 5 rings (SSSR count). The van der Waals surface area contributed by atoms with Crippen LogP contribution < -0.4 is 9.47 Å². The topological polar surface area (TPSA) is 60.9 Å². The van der Waals surface area contributed by atoms with E-state index < -0.39 is 0 Å². The van der Waals surface area contributed by atoms with Crippen LogP contribution in [-0.4, -0.2) is 42.8 Å². The fourth-order valence-electron chi connectivity index (χ4n) is 3.83. The molecule has 0 radical (unpaired) electrons. The second-order valence-electron chi connectivity index (χ2n) is 7.60. The Morgan fingerprint density at radius 1 is 1.15 bits per heavy atom. The Balaban J connectivity index is 1.61. The smallest absolute Gasteiger partial charge is 0.264 e. The van der Waals surface area contributed by atoms with E-state index in [2.05, 4.69) is 6.07 Å². The van der Waals surface area contributed by atoms with Crippen molar-refractivity contribution >= 4 is 39.7 Å². The van der Waals surface area contributed by atoms with Crippen LogP contribution in [0.4, 0.5) is 0 Å². The first-order chi connectivity index (χ1) is 16.1. The van der Waals surface area contributed by atoms with Crippen molar-refractivity contribution in [1.82, 2.24) is 9.88 Å². The number of pyridine rings is 1. The van der Waals surface area contributed by atoms with Gasteiger partial charge in [0.25, 0.3) is 5.91 Å². The van der Waals surface area contributed by atoms with Gasteiger partial charge in [-0.1, -0.05) is 29.8 Å². The molecular formula is C25H21ClN2O4S. The minimum absolute atomic E-state index is 0.0372. The lowest BCUT2D eigenvalue weighted by Gasteiger charge is -2.23. The van der Waals surface area contributed by atoms with Gasteiger partial charge in [0.15, 0.2) is 11.5 Å². The number of halogens is 1. The number of fused-ring (bicyclic) bond motifs is 2. The van der Waals surface area contributed by atoms with Crippen molar-refractivity contribution in [2.24, 2.45) is 0 Å². The van der Waals surface area contributed by atoms with Crippen LogP contribution in [0.2, 0.25) is 5.02 Å². The summed E-state index contributed by atoms with van der Waals surface area (Å²) in [7, 11) is 1.63. The number of ether oxygens (including phenoxy) is 3. The number of hydrogen-bond acceptors (Lipinski definition) is 6. The molecule has 0 saturated carbocycles. The number of carbonyl (C=O) groups is 1. The highest BCUT2D eigenvalue weighted by Crippen LogP contribution is 2.37. The molecule has 3 heterocycles. The van der Waals surface area contributed by atoms with Crippen molar-refractivity contribution in [3.8, 4) is 22.8 Å². The van der Waals surface area contributed by atoms with E-state index in [0.717, 1.165) is 27.7 Å². The van der Waals surface area contributed by atoms with Crippen LogP contribution in [0, 0.1) is 0 Å². The Morgan fingerprint density at radius 3 is 2.76 bits per heavy atom. The average molecular weight is 481 g/mol. The largest absolute Gasteiger partial charge is 0.454 e. The highest BCUT2D eigenvalue weighted by atomic mass is 35.5. The molecule has 2 aromatic heterocycles. The van der Waals surface area contributed by atoms with Crippen molar-refractivity contribution in [3.05, 3.63) is 75.4 Å². The van der Waals surface area contributed by atoms with Gasteiger partial charge >= 0.3 is 0 Å². The molecule has 0 unspecified atom stereocenters. The summed E-state index contributed by atoms with van der Waals surface area (Å²) < 4.78 is 16.4. The number of aromatic nitrogens is 1. The Labute approximate surface area is 200 Å². The minimum Gasteiger partial charge on any atom is -0.454 e. The predicted octanol–water partition coefficient (Wildman–Crippen LogP) is 5.63. The van der Waals surface area contributed by atoms with Crippen molar-refractivity contribution in [2.45, 2.75) is 6.54 Å². The number of amides is 1. The van der Waals surface area contributed by atoms with Crippen molar-refractivity contribution < 1.29 is 19.0 Å². The highest BCUT2D eigenvalue weighted by Gasteiger charge is 2.21. The molecule has 0 N–H and O–H groups in total. The molecule has 8 heteroatoms. The van der Waals surface area contributed by atoms with E-state index in [0.29, 0.717) is 41.1 Å². The minimum atomic E-state index is -0.0372. The number of benzene rings is 2. The van der Waals surface area contributed by atoms with Gasteiger partial charge in [0.2, 0.25) is 6.79 Å². The Kier molecular flexibility index (Phi) is 6.17. The van der Waals surface area contributed by atoms with E-state index in [1.54, 1.807) is 12.0 Å². The number of thiophene rings is 1. The maximum atomic E-state index is 13.2. The molecule has 0 atom stereocenters. The molecule has 0 aliphatic carbocycles. The molecule has 6 nitrogen and oxygen atoms in total. The van der Waals surface area contributed by atoms with Crippen molar-refractivity contribution in [3.63, 3.8) is 0 Å². The van der Waals surface area contributed by atoms with E-state index in [1.807, 2.05) is 53.9 Å². The van der Waals surface area contributed by atoms with Gasteiger partial charge in [-0.25, -0.2) is 4.98 Å². The quantitative estimate of drug-likeness (QED) is 0.343. The molecule has 2 aromatic carbocycles. The summed E-state index contributed by atoms with van der Waals surface area (Å²) in [6, 6.07) is 17.2. The van der Waals surface area contributed by atoms with Crippen LogP contribution in [-0.2, 0) is 11.3 Å². The molecule has 168 valence electrons. The van der Waals surface area contributed by atoms with E-state index in [1.165, 1.54) is 11.3 Å². The molecular weight excluding hydrogens is 460 g/mol. The second-order valence-corrected chi connectivity index (χ2v) is 8.99. The molecule has 0 fully saturated rings. The van der Waals surface area contributed by atoms with Gasteiger partial charge in [0, 0.05) is 42.2 Å². The van der Waals surface area contributed by atoms with Crippen LogP contribution >= 0.6 is 22.9 Å². The van der Waals surface area contributed by atoms with Crippen LogP contribution in [0.1, 0.15) is 15.2 Å². The monoisotopic (exact) mass is 480 g/mol. The Hall–Kier alpha value is -3.13. The van der Waals surface area contributed by atoms with Crippen molar-refractivity contribution in [2.75, 3.05) is 27.1 Å². The standard InChI is InChI=1S/C25H21ClN2O4S/c1-30-8-7-28(25(29)23-6-3-9-33-23)14-18-10-17-12-21-22(32-15-31-21)13-20(17)27-24(18)16-4-2-5-19(26)11-16/h2-6,9-13H,7-8,14-15H2,1H3. The maximum absolute atomic E-state index is 13.2. The van der Waals surface area contributed by atoms with Crippen LogP contribution in [0.25, 0.3) is 22.2 Å². The summed E-state index contributed by atoms with van der Waals surface area (Å²) in [6.07, 6.45) is 0. The van der Waals surface area contributed by atoms with Gasteiger partial charge in [-0.05, 0) is 41.3 Å². The average Bonchev–Trinajstić information content (AvgIpc) is 3.51. The second kappa shape index (κ2) is 9.39. The number of methoxy groups -OCH3 is 1. The third-order valence-corrected chi connectivity index (χ3v) is 6.52. The number of rotatable bonds is 7. The Morgan fingerprint density at radius 2 is 2.00 bits per heavy atom. The highest BCUT2D eigenvalue weighted by molar-refractivity contribution is 7.12. The van der Waals surface area contributed by atoms with Gasteiger partial charge in [0.05, 0.1) is 22.7 Å². The summed E-state index contributed by atoms with van der Waals surface area (Å²) in [5.41, 5.74) is 3.34. The fourth-order valence-corrected chi connectivity index (χ4v) is 4.71. The molecule has 33 heavy (non-hydrogen) atoms. The maximum Gasteiger partial charge on any atom is 0.264 e. The predicted molar refractivity (Wildman–Crippen MR) is 129 cm³/mol. The lowest BCUT2D eigenvalue weighted by Crippen LogP contribution is -2.33. The fraction of sp³-hybridized carbons (Fsp3) is 0.200. The zero-order valence-electron chi connectivity index (χ0n) is 17.9. The normalized spacial score (nSPS) is 12.3. The summed E-state index contributed by atoms with van der Waals surface area (Å²) in [5.74, 6) is 1.33. The first-order valence-corrected chi connectivity index (χ1v) is 11.7. The summed E-state index contributed by atoms with van der Waals surface area (Å²) >= 11 is 7.72. The third kappa shape index (κ3) is 4.53. The molecule has 0 spiro atoms. The van der Waals surface area contributed by atoms with E-state index in [-0.39, 0.29) is 12.7 Å².